The maximum absolute atomic E-state index is 11.7. The van der Waals surface area contributed by atoms with Gasteiger partial charge in [0.2, 0.25) is 0 Å². The van der Waals surface area contributed by atoms with Crippen molar-refractivity contribution in [2.75, 3.05) is 11.5 Å². The molecule has 1 spiro atoms. The molecule has 1 N–H and O–H groups in total. The van der Waals surface area contributed by atoms with Crippen LogP contribution in [0.3, 0.4) is 0 Å². The van der Waals surface area contributed by atoms with Crippen LogP contribution in [0.25, 0.3) is 0 Å². The molecular formula is C31H49IO6. The predicted molar refractivity (Wildman–Crippen MR) is 159 cm³/mol. The molecule has 4 fully saturated rings. The van der Waals surface area contributed by atoms with Crippen molar-refractivity contribution < 1.29 is 29.0 Å². The number of alkyl halides is 1. The fourth-order valence-electron chi connectivity index (χ4n) is 6.78. The maximum atomic E-state index is 11.7. The van der Waals surface area contributed by atoms with Gasteiger partial charge in [-0.2, -0.15) is 0 Å². The fraction of sp³-hybridized carbons (Fsp3) is 0.774. The van der Waals surface area contributed by atoms with Gasteiger partial charge in [0.15, 0.2) is 0 Å². The monoisotopic (exact) mass is 644 g/mol. The SMILES string of the molecule is C=CCC1(C(=O)O)CCCCC1.C=CCC1(C(=O)OC)CCCCC1.O=C1OC(CI)CC12CCCCC2. The second kappa shape index (κ2) is 16.0. The van der Waals surface area contributed by atoms with Gasteiger partial charge in [0.25, 0.3) is 0 Å². The number of hydrogen-bond acceptors (Lipinski definition) is 5. The van der Waals surface area contributed by atoms with Gasteiger partial charge in [-0.05, 0) is 51.4 Å². The largest absolute Gasteiger partial charge is 0.481 e. The number of carbonyl (C=O) groups is 3. The number of ether oxygens (including phenoxy) is 2. The van der Waals surface area contributed by atoms with E-state index in [1.165, 1.54) is 39.2 Å². The van der Waals surface area contributed by atoms with Crippen molar-refractivity contribution in [3.63, 3.8) is 0 Å². The number of esters is 2. The number of carbonyl (C=O) groups excluding carboxylic acids is 2. The summed E-state index contributed by atoms with van der Waals surface area (Å²) in [6.45, 7) is 7.33. The summed E-state index contributed by atoms with van der Waals surface area (Å²) in [5, 5.41) is 9.07. The molecule has 1 atom stereocenters. The molecule has 4 rings (SSSR count). The number of cyclic esters (lactones) is 1. The topological polar surface area (TPSA) is 89.9 Å². The van der Waals surface area contributed by atoms with E-state index < -0.39 is 11.4 Å². The van der Waals surface area contributed by atoms with Gasteiger partial charge in [-0.1, -0.05) is 92.5 Å². The summed E-state index contributed by atoms with van der Waals surface area (Å²) in [5.41, 5.74) is -0.775. The highest BCUT2D eigenvalue weighted by Crippen LogP contribution is 2.46. The Labute approximate surface area is 243 Å². The smallest absolute Gasteiger partial charge is 0.312 e. The Morgan fingerprint density at radius 3 is 1.74 bits per heavy atom. The van der Waals surface area contributed by atoms with Crippen LogP contribution in [0.5, 0.6) is 0 Å². The van der Waals surface area contributed by atoms with Gasteiger partial charge in [0, 0.05) is 10.8 Å². The normalized spacial score (nSPS) is 24.9. The third kappa shape index (κ3) is 8.56. The summed E-state index contributed by atoms with van der Waals surface area (Å²) in [7, 11) is 1.47. The van der Waals surface area contributed by atoms with Gasteiger partial charge in [-0.3, -0.25) is 14.4 Å². The number of rotatable bonds is 7. The molecule has 3 aliphatic carbocycles. The zero-order valence-corrected chi connectivity index (χ0v) is 25.6. The van der Waals surface area contributed by atoms with E-state index in [4.69, 9.17) is 14.6 Å². The van der Waals surface area contributed by atoms with Gasteiger partial charge in [0.1, 0.15) is 6.10 Å². The predicted octanol–water partition coefficient (Wildman–Crippen LogP) is 7.97. The third-order valence-corrected chi connectivity index (χ3v) is 10.1. The lowest BCUT2D eigenvalue weighted by molar-refractivity contribution is -0.155. The molecule has 38 heavy (non-hydrogen) atoms. The second-order valence-electron chi connectivity index (χ2n) is 11.7. The highest BCUT2D eigenvalue weighted by Gasteiger charge is 2.48. The molecule has 4 aliphatic rings. The van der Waals surface area contributed by atoms with Gasteiger partial charge in [-0.15, -0.1) is 13.2 Å². The summed E-state index contributed by atoms with van der Waals surface area (Å²) < 4.78 is 11.2. The van der Waals surface area contributed by atoms with Crippen LogP contribution < -0.4 is 0 Å². The Morgan fingerprint density at radius 1 is 0.895 bits per heavy atom. The first-order valence-corrected chi connectivity index (χ1v) is 16.1. The van der Waals surface area contributed by atoms with Crippen LogP contribution >= 0.6 is 22.6 Å². The van der Waals surface area contributed by atoms with Crippen molar-refractivity contribution in [3.05, 3.63) is 25.3 Å². The molecule has 0 aromatic carbocycles. The molecule has 0 aromatic rings. The molecule has 0 aromatic heterocycles. The Kier molecular flexibility index (Phi) is 13.8. The van der Waals surface area contributed by atoms with Crippen molar-refractivity contribution in [2.45, 2.75) is 122 Å². The zero-order chi connectivity index (χ0) is 28.1. The van der Waals surface area contributed by atoms with E-state index in [0.717, 1.165) is 81.5 Å². The molecular weight excluding hydrogens is 595 g/mol. The maximum Gasteiger partial charge on any atom is 0.312 e. The van der Waals surface area contributed by atoms with Crippen LogP contribution in [0.4, 0.5) is 0 Å². The molecule has 0 radical (unpaired) electrons. The highest BCUT2D eigenvalue weighted by molar-refractivity contribution is 14.1. The Hall–Kier alpha value is -1.38. The minimum atomic E-state index is -0.637. The van der Waals surface area contributed by atoms with E-state index in [1.54, 1.807) is 6.08 Å². The van der Waals surface area contributed by atoms with Crippen molar-refractivity contribution in [3.8, 4) is 0 Å². The third-order valence-electron chi connectivity index (χ3n) is 9.07. The average molecular weight is 645 g/mol. The van der Waals surface area contributed by atoms with Gasteiger partial charge in [-0.25, -0.2) is 0 Å². The molecule has 7 heteroatoms. The second-order valence-corrected chi connectivity index (χ2v) is 12.6. The van der Waals surface area contributed by atoms with Crippen LogP contribution in [-0.4, -0.2) is 40.7 Å². The number of hydrogen-bond donors (Lipinski definition) is 1. The Morgan fingerprint density at radius 2 is 1.34 bits per heavy atom. The van der Waals surface area contributed by atoms with Crippen molar-refractivity contribution in [1.29, 1.82) is 0 Å². The van der Waals surface area contributed by atoms with Gasteiger partial charge in [0.05, 0.1) is 23.4 Å². The number of aliphatic carboxylic acids is 1. The number of carboxylic acid groups (broad SMARTS) is 1. The van der Waals surface area contributed by atoms with E-state index in [1.807, 2.05) is 6.08 Å². The lowest BCUT2D eigenvalue weighted by Crippen LogP contribution is -2.34. The standard InChI is InChI=1S/C11H18O2.C10H15IO2.C10H16O2/c1-3-7-11(10(12)13-2)8-5-4-6-9-11;11-7-8-6-10(9(12)13-8)4-2-1-3-5-10;1-2-6-10(9(11)12)7-4-3-5-8-10/h3H,1,4-9H2,2H3;8H,1-7H2;2H,1,3-8H2,(H,11,12). The van der Waals surface area contributed by atoms with Crippen LogP contribution in [0, 0.1) is 16.2 Å². The molecule has 1 heterocycles. The Balaban J connectivity index is 0.000000200. The minimum absolute atomic E-state index is 0.0490. The van der Waals surface area contributed by atoms with Crippen LogP contribution in [0.1, 0.15) is 116 Å². The molecule has 0 amide bonds. The quantitative estimate of drug-likeness (QED) is 0.131. The summed E-state index contributed by atoms with van der Waals surface area (Å²) in [4.78, 5) is 34.3. The summed E-state index contributed by atoms with van der Waals surface area (Å²) >= 11 is 2.30. The molecule has 0 bridgehead atoms. The lowest BCUT2D eigenvalue weighted by Gasteiger charge is -2.33. The first-order valence-electron chi connectivity index (χ1n) is 14.5. The number of methoxy groups -OCH3 is 1. The summed E-state index contributed by atoms with van der Waals surface area (Å²) in [6.07, 6.45) is 22.4. The fourth-order valence-corrected chi connectivity index (χ4v) is 7.27. The van der Waals surface area contributed by atoms with E-state index in [2.05, 4.69) is 35.7 Å². The van der Waals surface area contributed by atoms with E-state index in [-0.39, 0.29) is 28.9 Å². The lowest BCUT2D eigenvalue weighted by atomic mass is 9.72. The van der Waals surface area contributed by atoms with E-state index in [0.29, 0.717) is 6.42 Å². The highest BCUT2D eigenvalue weighted by atomic mass is 127. The first kappa shape index (κ1) is 32.8. The molecule has 6 nitrogen and oxygen atoms in total. The molecule has 1 unspecified atom stereocenters. The van der Waals surface area contributed by atoms with E-state index in [9.17, 15) is 14.4 Å². The summed E-state index contributed by atoms with van der Waals surface area (Å²) in [6, 6.07) is 0. The van der Waals surface area contributed by atoms with Crippen LogP contribution in [0.2, 0.25) is 0 Å². The van der Waals surface area contributed by atoms with Gasteiger partial charge < -0.3 is 14.6 Å². The van der Waals surface area contributed by atoms with E-state index >= 15 is 0 Å². The van der Waals surface area contributed by atoms with Crippen molar-refractivity contribution in [2.24, 2.45) is 16.2 Å². The zero-order valence-electron chi connectivity index (χ0n) is 23.4. The number of halogens is 1. The Bertz CT molecular complexity index is 788. The molecule has 1 saturated heterocycles. The number of allylic oxidation sites excluding steroid dienone is 2. The molecule has 1 aliphatic heterocycles. The minimum Gasteiger partial charge on any atom is -0.481 e. The molecule has 216 valence electrons. The molecule has 3 saturated carbocycles. The number of carboxylic acids is 1. The van der Waals surface area contributed by atoms with Crippen LogP contribution in [0.15, 0.2) is 25.3 Å². The van der Waals surface area contributed by atoms with Crippen molar-refractivity contribution >= 4 is 40.5 Å². The van der Waals surface area contributed by atoms with Crippen molar-refractivity contribution in [1.82, 2.24) is 0 Å². The summed E-state index contributed by atoms with van der Waals surface area (Å²) in [5.74, 6) is -0.594. The van der Waals surface area contributed by atoms with Gasteiger partial charge >= 0.3 is 17.9 Å². The first-order chi connectivity index (χ1) is 18.2. The van der Waals surface area contributed by atoms with Crippen LogP contribution in [-0.2, 0) is 23.9 Å². The average Bonchev–Trinajstić information content (AvgIpc) is 3.24.